The minimum atomic E-state index is -0.304. The molecule has 7 heteroatoms. The molecule has 0 radical (unpaired) electrons. The first-order valence-corrected chi connectivity index (χ1v) is 9.41. The summed E-state index contributed by atoms with van der Waals surface area (Å²) < 4.78 is 0. The Labute approximate surface area is 156 Å². The number of carbonyl (C=O) groups excluding carboxylic acids is 2. The van der Waals surface area contributed by atoms with Crippen molar-refractivity contribution in [2.75, 3.05) is 13.6 Å². The molecule has 1 aliphatic carbocycles. The highest BCUT2D eigenvalue weighted by Gasteiger charge is 2.29. The third-order valence-corrected chi connectivity index (χ3v) is 5.73. The normalized spacial score (nSPS) is 16.2. The average Bonchev–Trinajstić information content (AvgIpc) is 2.98. The summed E-state index contributed by atoms with van der Waals surface area (Å²) in [5.41, 5.74) is 1.56. The van der Waals surface area contributed by atoms with Crippen molar-refractivity contribution in [2.24, 2.45) is 0 Å². The number of nitrogens with one attached hydrogen (secondary N) is 1. The highest BCUT2D eigenvalue weighted by atomic mass is 35.5. The topological polar surface area (TPSA) is 62.3 Å². The van der Waals surface area contributed by atoms with Gasteiger partial charge in [0.2, 0.25) is 5.91 Å². The van der Waals surface area contributed by atoms with Gasteiger partial charge in [0.15, 0.2) is 0 Å². The fourth-order valence-corrected chi connectivity index (χ4v) is 4.42. The van der Waals surface area contributed by atoms with E-state index in [-0.39, 0.29) is 24.4 Å². The lowest BCUT2D eigenvalue weighted by Crippen LogP contribution is -2.40. The van der Waals surface area contributed by atoms with E-state index in [0.717, 1.165) is 30.0 Å². The Bertz CT molecular complexity index is 805. The summed E-state index contributed by atoms with van der Waals surface area (Å²) in [5.74, 6) is -0.415. The van der Waals surface area contributed by atoms with Crippen molar-refractivity contribution in [3.63, 3.8) is 0 Å². The van der Waals surface area contributed by atoms with Crippen LogP contribution in [-0.4, -0.2) is 35.3 Å². The standard InChI is InChI=1S/C18H20ClN3O2S/c1-11-21-14-7-4-8-15(17(14)25-11)22(2)16(23)10-20-18(24)12-5-3-6-13(19)9-12/h3,5-6,9,15H,4,7-8,10H2,1-2H3,(H,20,24)/t15-/m0/s1. The fraction of sp³-hybridized carbons (Fsp3) is 0.389. The minimum absolute atomic E-state index is 0.0362. The van der Waals surface area contributed by atoms with Gasteiger partial charge in [-0.3, -0.25) is 9.59 Å². The summed E-state index contributed by atoms with van der Waals surface area (Å²) in [7, 11) is 1.79. The van der Waals surface area contributed by atoms with Crippen LogP contribution in [0.25, 0.3) is 0 Å². The lowest BCUT2D eigenvalue weighted by atomic mass is 9.97. The molecular formula is C18H20ClN3O2S. The van der Waals surface area contributed by atoms with Crippen molar-refractivity contribution < 1.29 is 9.59 Å². The van der Waals surface area contributed by atoms with Gasteiger partial charge >= 0.3 is 0 Å². The van der Waals surface area contributed by atoms with Gasteiger partial charge < -0.3 is 10.2 Å². The third kappa shape index (κ3) is 4.02. The van der Waals surface area contributed by atoms with Crippen molar-refractivity contribution >= 4 is 34.8 Å². The molecule has 0 unspecified atom stereocenters. The summed E-state index contributed by atoms with van der Waals surface area (Å²) in [6, 6.07) is 6.71. The molecule has 1 atom stereocenters. The second-order valence-electron chi connectivity index (χ2n) is 6.15. The zero-order valence-corrected chi connectivity index (χ0v) is 15.8. The smallest absolute Gasteiger partial charge is 0.251 e. The molecule has 1 N–H and O–H groups in total. The largest absolute Gasteiger partial charge is 0.343 e. The van der Waals surface area contributed by atoms with Crippen LogP contribution in [0.2, 0.25) is 5.02 Å². The number of nitrogens with zero attached hydrogens (tertiary/aromatic N) is 2. The molecule has 0 fully saturated rings. The first-order chi connectivity index (χ1) is 12.0. The number of carbonyl (C=O) groups is 2. The second kappa shape index (κ2) is 7.54. The molecule has 1 aliphatic rings. The van der Waals surface area contributed by atoms with Crippen LogP contribution < -0.4 is 5.32 Å². The van der Waals surface area contributed by atoms with Gasteiger partial charge in [0.05, 0.1) is 28.2 Å². The molecule has 1 aromatic heterocycles. The number of hydrogen-bond donors (Lipinski definition) is 1. The number of amides is 2. The van der Waals surface area contributed by atoms with Crippen molar-refractivity contribution in [1.29, 1.82) is 0 Å². The van der Waals surface area contributed by atoms with E-state index in [9.17, 15) is 9.59 Å². The predicted molar refractivity (Wildman–Crippen MR) is 99.1 cm³/mol. The molecule has 25 heavy (non-hydrogen) atoms. The van der Waals surface area contributed by atoms with Crippen LogP contribution in [0.3, 0.4) is 0 Å². The van der Waals surface area contributed by atoms with Gasteiger partial charge in [-0.05, 0) is 44.4 Å². The number of likely N-dealkylation sites (N-methyl/N-ethyl adjacent to an activating group) is 1. The van der Waals surface area contributed by atoms with Gasteiger partial charge in [0, 0.05) is 17.6 Å². The molecule has 0 saturated carbocycles. The highest BCUT2D eigenvalue weighted by molar-refractivity contribution is 7.11. The number of aromatic nitrogens is 1. The molecule has 0 saturated heterocycles. The van der Waals surface area contributed by atoms with Crippen molar-refractivity contribution in [1.82, 2.24) is 15.2 Å². The van der Waals surface area contributed by atoms with E-state index in [4.69, 9.17) is 11.6 Å². The van der Waals surface area contributed by atoms with E-state index in [1.807, 2.05) is 6.92 Å². The number of aryl methyl sites for hydroxylation is 2. The molecule has 3 rings (SSSR count). The van der Waals surface area contributed by atoms with Crippen molar-refractivity contribution in [3.05, 3.63) is 50.4 Å². The lowest BCUT2D eigenvalue weighted by Gasteiger charge is -2.30. The molecule has 2 aromatic rings. The predicted octanol–water partition coefficient (Wildman–Crippen LogP) is 3.37. The van der Waals surface area contributed by atoms with E-state index in [1.165, 1.54) is 4.88 Å². The summed E-state index contributed by atoms with van der Waals surface area (Å²) in [6.07, 6.45) is 2.93. The zero-order chi connectivity index (χ0) is 18.0. The van der Waals surface area contributed by atoms with Gasteiger partial charge in [0.25, 0.3) is 5.91 Å². The van der Waals surface area contributed by atoms with Crippen LogP contribution >= 0.6 is 22.9 Å². The van der Waals surface area contributed by atoms with E-state index >= 15 is 0 Å². The Morgan fingerprint density at radius 2 is 2.24 bits per heavy atom. The molecule has 1 aromatic carbocycles. The molecule has 0 aliphatic heterocycles. The van der Waals surface area contributed by atoms with E-state index in [1.54, 1.807) is 47.5 Å². The minimum Gasteiger partial charge on any atom is -0.343 e. The zero-order valence-electron chi connectivity index (χ0n) is 14.2. The Balaban J connectivity index is 1.63. The molecule has 0 spiro atoms. The van der Waals surface area contributed by atoms with Gasteiger partial charge in [0.1, 0.15) is 0 Å². The first kappa shape index (κ1) is 17.9. The second-order valence-corrected chi connectivity index (χ2v) is 7.82. The summed E-state index contributed by atoms with van der Waals surface area (Å²) in [5, 5.41) is 4.20. The van der Waals surface area contributed by atoms with E-state index < -0.39 is 0 Å². The Hall–Kier alpha value is -1.92. The van der Waals surface area contributed by atoms with Gasteiger partial charge in [-0.2, -0.15) is 0 Å². The molecule has 132 valence electrons. The number of thiazole rings is 1. The first-order valence-electron chi connectivity index (χ1n) is 8.21. The Morgan fingerprint density at radius 3 is 3.00 bits per heavy atom. The van der Waals surface area contributed by atoms with Crippen LogP contribution in [0.5, 0.6) is 0 Å². The van der Waals surface area contributed by atoms with Crippen molar-refractivity contribution in [3.8, 4) is 0 Å². The lowest BCUT2D eigenvalue weighted by molar-refractivity contribution is -0.131. The number of rotatable bonds is 4. The maximum Gasteiger partial charge on any atom is 0.251 e. The molecule has 5 nitrogen and oxygen atoms in total. The quantitative estimate of drug-likeness (QED) is 0.888. The van der Waals surface area contributed by atoms with Crippen LogP contribution in [0.4, 0.5) is 0 Å². The number of halogens is 1. The average molecular weight is 378 g/mol. The highest BCUT2D eigenvalue weighted by Crippen LogP contribution is 2.37. The maximum atomic E-state index is 12.5. The third-order valence-electron chi connectivity index (χ3n) is 4.38. The van der Waals surface area contributed by atoms with Crippen LogP contribution in [0.15, 0.2) is 24.3 Å². The summed E-state index contributed by atoms with van der Waals surface area (Å²) in [6.45, 7) is 1.96. The van der Waals surface area contributed by atoms with Gasteiger partial charge in [-0.25, -0.2) is 4.98 Å². The Kier molecular flexibility index (Phi) is 5.39. The van der Waals surface area contributed by atoms with E-state index in [0.29, 0.717) is 10.6 Å². The summed E-state index contributed by atoms with van der Waals surface area (Å²) in [4.78, 5) is 32.2. The summed E-state index contributed by atoms with van der Waals surface area (Å²) >= 11 is 7.55. The SMILES string of the molecule is Cc1nc2c(s1)[C@@H](N(C)C(=O)CNC(=O)c1cccc(Cl)c1)CCC2. The van der Waals surface area contributed by atoms with Crippen LogP contribution in [0.1, 0.15) is 44.8 Å². The van der Waals surface area contributed by atoms with Crippen LogP contribution in [0, 0.1) is 6.92 Å². The van der Waals surface area contributed by atoms with Crippen molar-refractivity contribution in [2.45, 2.75) is 32.2 Å². The molecule has 2 amide bonds. The monoisotopic (exact) mass is 377 g/mol. The van der Waals surface area contributed by atoms with E-state index in [2.05, 4.69) is 10.3 Å². The van der Waals surface area contributed by atoms with Gasteiger partial charge in [-0.15, -0.1) is 11.3 Å². The van der Waals surface area contributed by atoms with Crippen LogP contribution in [-0.2, 0) is 11.2 Å². The fourth-order valence-electron chi connectivity index (χ4n) is 3.08. The number of fused-ring (bicyclic) bond motifs is 1. The molecule has 0 bridgehead atoms. The molecular weight excluding hydrogens is 358 g/mol. The number of benzene rings is 1. The molecule has 1 heterocycles. The number of hydrogen-bond acceptors (Lipinski definition) is 4. The maximum absolute atomic E-state index is 12.5. The Morgan fingerprint density at radius 1 is 1.44 bits per heavy atom. The van der Waals surface area contributed by atoms with Gasteiger partial charge in [-0.1, -0.05) is 17.7 Å².